The van der Waals surface area contributed by atoms with Crippen LogP contribution in [0.1, 0.15) is 96.8 Å². The van der Waals surface area contributed by atoms with Gasteiger partial charge in [0, 0.05) is 0 Å². The monoisotopic (exact) mass is 262 g/mol. The lowest BCUT2D eigenvalue weighted by molar-refractivity contribution is 0.540. The molecule has 0 saturated heterocycles. The van der Waals surface area contributed by atoms with Crippen molar-refractivity contribution in [2.45, 2.75) is 96.8 Å². The summed E-state index contributed by atoms with van der Waals surface area (Å²) in [6.07, 6.45) is 24.9. The lowest BCUT2D eigenvalue weighted by Crippen LogP contribution is -1.82. The van der Waals surface area contributed by atoms with Crippen LogP contribution in [0.2, 0.25) is 0 Å². The zero-order valence-electron chi connectivity index (χ0n) is 13.1. The van der Waals surface area contributed by atoms with Gasteiger partial charge in [-0.05, 0) is 19.4 Å². The molecule has 0 rings (SSSR count). The van der Waals surface area contributed by atoms with Gasteiger partial charge in [-0.25, -0.2) is 0 Å². The summed E-state index contributed by atoms with van der Waals surface area (Å²) in [5, 5.41) is 0. The van der Waals surface area contributed by atoms with Crippen molar-refractivity contribution in [3.05, 3.63) is 24.8 Å². The topological polar surface area (TPSA) is 0 Å². The summed E-state index contributed by atoms with van der Waals surface area (Å²) in [4.78, 5) is 0. The fraction of sp³-hybridized carbons (Fsp3) is 0.789. The molecule has 0 spiro atoms. The minimum Gasteiger partial charge on any atom is -0.0845 e. The Morgan fingerprint density at radius 3 is 1.47 bits per heavy atom. The molecule has 0 aromatic rings. The highest BCUT2D eigenvalue weighted by molar-refractivity contribution is 4.95. The molecule has 0 aliphatic heterocycles. The van der Waals surface area contributed by atoms with Gasteiger partial charge in [0.1, 0.15) is 0 Å². The van der Waals surface area contributed by atoms with E-state index in [1.165, 1.54) is 89.5 Å². The van der Waals surface area contributed by atoms with Crippen molar-refractivity contribution < 1.29 is 0 Å². The molecule has 0 nitrogen and oxygen atoms in total. The van der Waals surface area contributed by atoms with Gasteiger partial charge >= 0.3 is 0 Å². The van der Waals surface area contributed by atoms with Crippen molar-refractivity contribution in [1.82, 2.24) is 0 Å². The number of rotatable bonds is 15. The molecule has 0 aliphatic rings. The standard InChI is InChI=1S/C19H34/c1-3-5-7-9-11-13-15-17-19-18-16-14-12-10-8-6-4-2/h4,6,8H,3,5,7,9-19H2,1H3. The van der Waals surface area contributed by atoms with Crippen LogP contribution in [-0.2, 0) is 0 Å². The van der Waals surface area contributed by atoms with E-state index in [1.807, 2.05) is 6.08 Å². The molecule has 0 aromatic heterocycles. The fourth-order valence-electron chi connectivity index (χ4n) is 2.44. The number of hydrogen-bond donors (Lipinski definition) is 0. The normalized spacial score (nSPS) is 11.2. The van der Waals surface area contributed by atoms with Crippen LogP contribution in [0.25, 0.3) is 0 Å². The maximum absolute atomic E-state index is 6.86. The van der Waals surface area contributed by atoms with Crippen LogP contribution >= 0.6 is 0 Å². The molecule has 0 aliphatic carbocycles. The quantitative estimate of drug-likeness (QED) is 0.223. The van der Waals surface area contributed by atoms with E-state index < -0.39 is 0 Å². The third-order valence-corrected chi connectivity index (χ3v) is 3.71. The molecule has 0 bridgehead atoms. The van der Waals surface area contributed by atoms with Crippen molar-refractivity contribution >= 4 is 0 Å². The second-order valence-electron chi connectivity index (χ2n) is 5.63. The first-order chi connectivity index (χ1) is 9.41. The van der Waals surface area contributed by atoms with Crippen LogP contribution in [-0.4, -0.2) is 0 Å². The Hall–Kier alpha value is -0.520. The first-order valence-electron chi connectivity index (χ1n) is 8.57. The molecule has 0 saturated carbocycles. The molecule has 0 N–H and O–H groups in total. The fourth-order valence-corrected chi connectivity index (χ4v) is 2.44. The Bertz CT molecular complexity index is 190. The minimum absolute atomic E-state index is 1.15. The van der Waals surface area contributed by atoms with E-state index in [0.717, 1.165) is 6.42 Å². The van der Waals surface area contributed by atoms with Crippen LogP contribution in [0, 0.1) is 6.58 Å². The Kier molecular flexibility index (Phi) is 17.0. The Labute approximate surface area is 122 Å². The van der Waals surface area contributed by atoms with Gasteiger partial charge in [0.15, 0.2) is 0 Å². The molecule has 0 amide bonds. The van der Waals surface area contributed by atoms with Crippen LogP contribution in [0.15, 0.2) is 18.2 Å². The van der Waals surface area contributed by atoms with Crippen molar-refractivity contribution in [2.24, 2.45) is 0 Å². The second-order valence-corrected chi connectivity index (χ2v) is 5.63. The van der Waals surface area contributed by atoms with Crippen LogP contribution in [0.4, 0.5) is 0 Å². The number of allylic oxidation sites excluding steroid dienone is 3. The largest absolute Gasteiger partial charge is 0.0845 e. The highest BCUT2D eigenvalue weighted by Crippen LogP contribution is 2.12. The van der Waals surface area contributed by atoms with Gasteiger partial charge in [-0.15, -0.1) is 0 Å². The maximum Gasteiger partial charge on any atom is -0.00991 e. The van der Waals surface area contributed by atoms with Gasteiger partial charge in [-0.3, -0.25) is 0 Å². The molecule has 0 unspecified atom stereocenters. The first-order valence-corrected chi connectivity index (χ1v) is 8.57. The molecule has 2 radical (unpaired) electrons. The molecular weight excluding hydrogens is 228 g/mol. The number of unbranched alkanes of at least 4 members (excludes halogenated alkanes) is 13. The van der Waals surface area contributed by atoms with Crippen molar-refractivity contribution in [3.63, 3.8) is 0 Å². The predicted molar refractivity (Wildman–Crippen MR) is 87.3 cm³/mol. The van der Waals surface area contributed by atoms with Crippen LogP contribution in [0.5, 0.6) is 0 Å². The highest BCUT2D eigenvalue weighted by atomic mass is 14.0. The van der Waals surface area contributed by atoms with E-state index in [4.69, 9.17) is 6.58 Å². The van der Waals surface area contributed by atoms with E-state index in [9.17, 15) is 0 Å². The average molecular weight is 262 g/mol. The number of hydrogen-bond acceptors (Lipinski definition) is 0. The van der Waals surface area contributed by atoms with Crippen molar-refractivity contribution in [3.8, 4) is 0 Å². The summed E-state index contributed by atoms with van der Waals surface area (Å²) in [6, 6.07) is 0. The molecule has 0 heterocycles. The molecule has 19 heavy (non-hydrogen) atoms. The van der Waals surface area contributed by atoms with Crippen LogP contribution < -0.4 is 0 Å². The predicted octanol–water partition coefficient (Wildman–Crippen LogP) is 6.89. The molecule has 0 aromatic carbocycles. The summed E-state index contributed by atoms with van der Waals surface area (Å²) >= 11 is 0. The van der Waals surface area contributed by atoms with E-state index in [2.05, 4.69) is 13.0 Å². The SMILES string of the molecule is [C]=CC=CCCCCCCCCCCCCCCC. The van der Waals surface area contributed by atoms with E-state index >= 15 is 0 Å². The van der Waals surface area contributed by atoms with E-state index in [1.54, 1.807) is 0 Å². The Morgan fingerprint density at radius 1 is 0.632 bits per heavy atom. The summed E-state index contributed by atoms with van der Waals surface area (Å²) in [6.45, 7) is 9.15. The molecule has 110 valence electrons. The molecule has 0 atom stereocenters. The van der Waals surface area contributed by atoms with Gasteiger partial charge in [-0.1, -0.05) is 102 Å². The van der Waals surface area contributed by atoms with Gasteiger partial charge in [0.05, 0.1) is 0 Å². The third-order valence-electron chi connectivity index (χ3n) is 3.71. The van der Waals surface area contributed by atoms with Gasteiger partial charge in [0.25, 0.3) is 0 Å². The first kappa shape index (κ1) is 18.5. The highest BCUT2D eigenvalue weighted by Gasteiger charge is 1.93. The van der Waals surface area contributed by atoms with Gasteiger partial charge < -0.3 is 0 Å². The van der Waals surface area contributed by atoms with Gasteiger partial charge in [-0.2, -0.15) is 0 Å². The van der Waals surface area contributed by atoms with E-state index in [-0.39, 0.29) is 0 Å². The summed E-state index contributed by atoms with van der Waals surface area (Å²) < 4.78 is 0. The Balaban J connectivity index is 2.95. The van der Waals surface area contributed by atoms with Crippen LogP contribution in [0.3, 0.4) is 0 Å². The minimum atomic E-state index is 1.15. The average Bonchev–Trinajstić information content (AvgIpc) is 2.43. The molecule has 0 heteroatoms. The second kappa shape index (κ2) is 17.5. The van der Waals surface area contributed by atoms with E-state index in [0.29, 0.717) is 0 Å². The van der Waals surface area contributed by atoms with Crippen molar-refractivity contribution in [1.29, 1.82) is 0 Å². The van der Waals surface area contributed by atoms with Gasteiger partial charge in [0.2, 0.25) is 0 Å². The zero-order valence-corrected chi connectivity index (χ0v) is 13.1. The van der Waals surface area contributed by atoms with Crippen molar-refractivity contribution in [2.75, 3.05) is 0 Å². The summed E-state index contributed by atoms with van der Waals surface area (Å²) in [5.41, 5.74) is 0. The lowest BCUT2D eigenvalue weighted by Gasteiger charge is -2.02. The Morgan fingerprint density at radius 2 is 1.05 bits per heavy atom. The summed E-state index contributed by atoms with van der Waals surface area (Å²) in [5.74, 6) is 0. The smallest absolute Gasteiger partial charge is 0.00991 e. The molecular formula is C19H34. The summed E-state index contributed by atoms with van der Waals surface area (Å²) in [7, 11) is 0. The maximum atomic E-state index is 6.86. The lowest BCUT2D eigenvalue weighted by atomic mass is 10.0. The third kappa shape index (κ3) is 17.5. The zero-order chi connectivity index (χ0) is 14.0. The molecule has 0 fully saturated rings.